The van der Waals surface area contributed by atoms with Crippen LogP contribution in [0.2, 0.25) is 0 Å². The second-order valence-electron chi connectivity index (χ2n) is 5.95. The molecule has 3 aliphatic rings. The van der Waals surface area contributed by atoms with Crippen LogP contribution in [-0.4, -0.2) is 18.5 Å². The summed E-state index contributed by atoms with van der Waals surface area (Å²) < 4.78 is 5.59. The summed E-state index contributed by atoms with van der Waals surface area (Å²) >= 11 is 0. The van der Waals surface area contributed by atoms with Gasteiger partial charge in [0, 0.05) is 17.1 Å². The van der Waals surface area contributed by atoms with Crippen LogP contribution < -0.4 is 0 Å². The summed E-state index contributed by atoms with van der Waals surface area (Å²) in [4.78, 5) is 4.60. The van der Waals surface area contributed by atoms with Crippen molar-refractivity contribution in [2.75, 3.05) is 6.61 Å². The molecule has 3 rings (SSSR count). The van der Waals surface area contributed by atoms with Crippen LogP contribution in [0.15, 0.2) is 4.99 Å². The molecule has 2 saturated carbocycles. The molecular weight excluding hydrogens is 278 g/mol. The Morgan fingerprint density at radius 2 is 1.74 bits per heavy atom. The Labute approximate surface area is 129 Å². The molecule has 0 aromatic rings. The number of ether oxygens (including phenoxy) is 1. The topological polar surface area (TPSA) is 21.6 Å². The number of nitrogens with zero attached hydrogens (tertiary/aromatic N) is 1. The van der Waals surface area contributed by atoms with E-state index in [4.69, 9.17) is 4.74 Å². The van der Waals surface area contributed by atoms with Gasteiger partial charge in [-0.15, -0.1) is 0 Å². The average Bonchev–Trinajstić information content (AvgIpc) is 3.14. The van der Waals surface area contributed by atoms with Crippen LogP contribution in [0, 0.1) is 18.3 Å². The van der Waals surface area contributed by atoms with Crippen molar-refractivity contribution in [3.8, 4) is 0 Å². The summed E-state index contributed by atoms with van der Waals surface area (Å²) in [5.41, 5.74) is 0. The van der Waals surface area contributed by atoms with Gasteiger partial charge in [-0.05, 0) is 25.2 Å². The number of hydrogen-bond donors (Lipinski definition) is 0. The minimum absolute atomic E-state index is 0. The van der Waals surface area contributed by atoms with Gasteiger partial charge in [0.2, 0.25) is 0 Å². The molecule has 2 radical (unpaired) electrons. The van der Waals surface area contributed by atoms with E-state index >= 15 is 0 Å². The van der Waals surface area contributed by atoms with Crippen molar-refractivity contribution in [1.82, 2.24) is 0 Å². The molecule has 2 aliphatic carbocycles. The second-order valence-corrected chi connectivity index (χ2v) is 5.95. The maximum Gasteiger partial charge on any atom is 0.191 e. The van der Waals surface area contributed by atoms with Gasteiger partial charge in [-0.1, -0.05) is 52.4 Å². The van der Waals surface area contributed by atoms with Gasteiger partial charge in [0.1, 0.15) is 6.61 Å². The first kappa shape index (κ1) is 17.0. The summed E-state index contributed by atoms with van der Waals surface area (Å²) in [6.45, 7) is 5.18. The molecule has 1 heterocycles. The fraction of sp³-hybridized carbons (Fsp3) is 0.812. The van der Waals surface area contributed by atoms with Crippen molar-refractivity contribution in [1.29, 1.82) is 0 Å². The standard InChI is InChI=1S/C11H17NO.C5H10.Fe/c1-8(2)10-7-13-11(12-10)9-5-3-4-6-9;1-2-4-5-3-1;/h5,8,10H,3-4,6-7H2,1-2H3;1-5H2;/t10-;;/m1../s1. The molecule has 0 unspecified atom stereocenters. The van der Waals surface area contributed by atoms with Gasteiger partial charge in [0.25, 0.3) is 0 Å². The third-order valence-electron chi connectivity index (χ3n) is 4.01. The van der Waals surface area contributed by atoms with Crippen LogP contribution in [0.5, 0.6) is 0 Å². The zero-order valence-corrected chi connectivity index (χ0v) is 13.4. The first-order valence-corrected chi connectivity index (χ1v) is 7.67. The third kappa shape index (κ3) is 5.47. The largest absolute Gasteiger partial charge is 0.478 e. The van der Waals surface area contributed by atoms with E-state index < -0.39 is 0 Å². The van der Waals surface area contributed by atoms with E-state index in [9.17, 15) is 0 Å². The first-order chi connectivity index (χ1) is 8.77. The van der Waals surface area contributed by atoms with E-state index in [1.807, 2.05) is 0 Å². The predicted molar refractivity (Wildman–Crippen MR) is 76.5 cm³/mol. The monoisotopic (exact) mass is 305 g/mol. The maximum atomic E-state index is 5.59. The molecule has 0 N–H and O–H groups in total. The Morgan fingerprint density at radius 1 is 1.11 bits per heavy atom. The zero-order chi connectivity index (χ0) is 12.8. The fourth-order valence-electron chi connectivity index (χ4n) is 2.66. The van der Waals surface area contributed by atoms with Gasteiger partial charge in [-0.25, -0.2) is 4.99 Å². The van der Waals surface area contributed by atoms with Gasteiger partial charge >= 0.3 is 0 Å². The molecule has 2 nitrogen and oxygen atoms in total. The minimum atomic E-state index is 0. The van der Waals surface area contributed by atoms with Gasteiger partial charge < -0.3 is 4.74 Å². The smallest absolute Gasteiger partial charge is 0.191 e. The summed E-state index contributed by atoms with van der Waals surface area (Å²) in [5, 5.41) is 0. The van der Waals surface area contributed by atoms with Crippen molar-refractivity contribution in [3.63, 3.8) is 0 Å². The van der Waals surface area contributed by atoms with Crippen LogP contribution >= 0.6 is 0 Å². The third-order valence-corrected chi connectivity index (χ3v) is 4.01. The summed E-state index contributed by atoms with van der Waals surface area (Å²) in [5.74, 6) is 2.86. The Balaban J connectivity index is 0.000000256. The molecule has 0 spiro atoms. The molecule has 19 heavy (non-hydrogen) atoms. The number of rotatable bonds is 2. The first-order valence-electron chi connectivity index (χ1n) is 7.67. The molecule has 2 fully saturated rings. The van der Waals surface area contributed by atoms with Crippen LogP contribution in [0.4, 0.5) is 0 Å². The Bertz CT molecular complexity index is 260. The molecule has 3 heteroatoms. The quantitative estimate of drug-likeness (QED) is 0.695. The molecule has 0 bridgehead atoms. The van der Waals surface area contributed by atoms with E-state index in [1.165, 1.54) is 50.9 Å². The van der Waals surface area contributed by atoms with E-state index in [1.54, 1.807) is 0 Å². The van der Waals surface area contributed by atoms with E-state index in [2.05, 4.69) is 25.3 Å². The van der Waals surface area contributed by atoms with Crippen LogP contribution in [0.3, 0.4) is 0 Å². The Morgan fingerprint density at radius 3 is 2.16 bits per heavy atom. The van der Waals surface area contributed by atoms with Crippen LogP contribution in [0.1, 0.15) is 65.2 Å². The molecule has 0 aromatic carbocycles. The van der Waals surface area contributed by atoms with Crippen molar-refractivity contribution >= 4 is 5.90 Å². The normalized spacial score (nSPS) is 26.5. The van der Waals surface area contributed by atoms with E-state index in [0.29, 0.717) is 12.0 Å². The molecular formula is C16H27FeNO. The predicted octanol–water partition coefficient (Wildman–Crippen LogP) is 4.35. The molecule has 1 aliphatic heterocycles. The van der Waals surface area contributed by atoms with Crippen molar-refractivity contribution in [2.24, 2.45) is 10.9 Å². The van der Waals surface area contributed by atoms with Gasteiger partial charge in [-0.3, -0.25) is 0 Å². The van der Waals surface area contributed by atoms with Crippen molar-refractivity contribution < 1.29 is 21.8 Å². The summed E-state index contributed by atoms with van der Waals surface area (Å²) in [6.07, 6.45) is 13.4. The van der Waals surface area contributed by atoms with Crippen molar-refractivity contribution in [3.05, 3.63) is 12.3 Å². The Hall–Kier alpha value is -0.0105. The van der Waals surface area contributed by atoms with E-state index in [0.717, 1.165) is 18.9 Å². The van der Waals surface area contributed by atoms with Gasteiger partial charge in [0.15, 0.2) is 5.90 Å². The molecule has 1 atom stereocenters. The van der Waals surface area contributed by atoms with Crippen molar-refractivity contribution in [2.45, 2.75) is 71.3 Å². The molecule has 0 aromatic heterocycles. The molecule has 0 saturated heterocycles. The van der Waals surface area contributed by atoms with E-state index in [-0.39, 0.29) is 17.1 Å². The minimum Gasteiger partial charge on any atom is -0.478 e. The SMILES string of the molecule is C1CCCC1.CC(C)[C@H]1COC([C]2[CH]CCC2)=N1.[Fe]. The second kappa shape index (κ2) is 9.02. The molecule has 0 amide bonds. The molecule has 110 valence electrons. The van der Waals surface area contributed by atoms with Crippen LogP contribution in [0.25, 0.3) is 0 Å². The maximum absolute atomic E-state index is 5.59. The summed E-state index contributed by atoms with van der Waals surface area (Å²) in [6, 6.07) is 0.386. The zero-order valence-electron chi connectivity index (χ0n) is 12.3. The number of aliphatic imine (C=N–C) groups is 1. The fourth-order valence-corrected chi connectivity index (χ4v) is 2.66. The number of hydrogen-bond acceptors (Lipinski definition) is 2. The average molecular weight is 305 g/mol. The van der Waals surface area contributed by atoms with Crippen LogP contribution in [-0.2, 0) is 21.8 Å². The Kier molecular flexibility index (Phi) is 8.09. The van der Waals surface area contributed by atoms with Gasteiger partial charge in [-0.2, -0.15) is 0 Å². The summed E-state index contributed by atoms with van der Waals surface area (Å²) in [7, 11) is 0. The van der Waals surface area contributed by atoms with Gasteiger partial charge in [0.05, 0.1) is 12.0 Å².